The number of hydrogen-bond donors (Lipinski definition) is 0. The van der Waals surface area contributed by atoms with Crippen molar-refractivity contribution in [3.05, 3.63) is 271 Å². The molecular formula is C61H41NO. The van der Waals surface area contributed by atoms with Crippen molar-refractivity contribution in [3.8, 4) is 67.1 Å². The lowest BCUT2D eigenvalue weighted by Gasteiger charge is -2.35. The first kappa shape index (κ1) is 36.6. The van der Waals surface area contributed by atoms with Gasteiger partial charge in [0.15, 0.2) is 0 Å². The van der Waals surface area contributed by atoms with Gasteiger partial charge in [-0.15, -0.1) is 0 Å². The number of nitrogens with zero attached hydrogens (tertiary/aromatic N) is 1. The van der Waals surface area contributed by atoms with Crippen LogP contribution in [0.25, 0.3) is 55.6 Å². The smallest absolute Gasteiger partial charge is 0.143 e. The molecule has 10 aromatic carbocycles. The normalized spacial score (nSPS) is 12.7. The highest BCUT2D eigenvalue weighted by Crippen LogP contribution is 2.58. The third-order valence-electron chi connectivity index (χ3n) is 13.0. The number of anilines is 3. The lowest BCUT2D eigenvalue weighted by atomic mass is 9.67. The summed E-state index contributed by atoms with van der Waals surface area (Å²) in [6.07, 6.45) is 0. The average Bonchev–Trinajstić information content (AvgIpc) is 3.57. The van der Waals surface area contributed by atoms with Crippen LogP contribution in [0.1, 0.15) is 22.3 Å². The molecule has 0 spiro atoms. The maximum absolute atomic E-state index is 7.08. The Hall–Kier alpha value is -8.20. The molecule has 0 atom stereocenters. The van der Waals surface area contributed by atoms with E-state index in [0.717, 1.165) is 61.9 Å². The van der Waals surface area contributed by atoms with Crippen LogP contribution in [-0.4, -0.2) is 0 Å². The van der Waals surface area contributed by atoms with Crippen LogP contribution in [0, 0.1) is 0 Å². The topological polar surface area (TPSA) is 12.5 Å². The van der Waals surface area contributed by atoms with Gasteiger partial charge in [0.05, 0.1) is 5.41 Å². The molecule has 63 heavy (non-hydrogen) atoms. The first-order valence-electron chi connectivity index (χ1n) is 21.7. The summed E-state index contributed by atoms with van der Waals surface area (Å²) in [6.45, 7) is 0. The van der Waals surface area contributed by atoms with Crippen molar-refractivity contribution in [1.29, 1.82) is 0 Å². The maximum Gasteiger partial charge on any atom is 0.143 e. The van der Waals surface area contributed by atoms with Gasteiger partial charge < -0.3 is 9.64 Å². The first-order valence-corrected chi connectivity index (χ1v) is 21.7. The quantitative estimate of drug-likeness (QED) is 0.159. The largest absolute Gasteiger partial charge is 0.455 e. The van der Waals surface area contributed by atoms with Crippen molar-refractivity contribution < 1.29 is 4.74 Å². The van der Waals surface area contributed by atoms with E-state index in [9.17, 15) is 0 Å². The van der Waals surface area contributed by atoms with Crippen LogP contribution in [0.3, 0.4) is 0 Å². The Labute approximate surface area is 368 Å². The molecule has 2 nitrogen and oxygen atoms in total. The average molecular weight is 804 g/mol. The molecule has 2 heteroatoms. The molecule has 0 fully saturated rings. The Morgan fingerprint density at radius 2 is 0.762 bits per heavy atom. The fourth-order valence-electron chi connectivity index (χ4n) is 10.2. The summed E-state index contributed by atoms with van der Waals surface area (Å²) in [5, 5.41) is 0. The van der Waals surface area contributed by atoms with Gasteiger partial charge in [0.2, 0.25) is 0 Å². The molecule has 1 aliphatic carbocycles. The lowest BCUT2D eigenvalue weighted by molar-refractivity contribution is 0.489. The molecule has 10 aromatic rings. The Kier molecular flexibility index (Phi) is 8.76. The molecule has 0 unspecified atom stereocenters. The monoisotopic (exact) mass is 803 g/mol. The van der Waals surface area contributed by atoms with Crippen molar-refractivity contribution in [2.75, 3.05) is 4.90 Å². The minimum absolute atomic E-state index is 0.532. The lowest BCUT2D eigenvalue weighted by Crippen LogP contribution is -2.28. The van der Waals surface area contributed by atoms with E-state index in [-0.39, 0.29) is 0 Å². The number of rotatable bonds is 7. The van der Waals surface area contributed by atoms with Crippen molar-refractivity contribution >= 4 is 17.1 Å². The third-order valence-corrected chi connectivity index (χ3v) is 13.0. The SMILES string of the molecule is c1ccc(-c2ccc(N(c3ccc4c(c3)-c3ccccc3-c3cccc(-c5ccccc5)c3O4)c3ccc4c(c3)C(c3ccccc3)(c3ccccc3)c3ccccc3-4)cc2)cc1. The molecular weight excluding hydrogens is 763 g/mol. The number of fused-ring (bicyclic) bond motifs is 8. The number of benzene rings is 10. The molecule has 2 aliphatic rings. The predicted octanol–water partition coefficient (Wildman–Crippen LogP) is 16.3. The van der Waals surface area contributed by atoms with E-state index in [1.807, 2.05) is 0 Å². The van der Waals surface area contributed by atoms with Crippen LogP contribution in [-0.2, 0) is 5.41 Å². The predicted molar refractivity (Wildman–Crippen MR) is 260 cm³/mol. The van der Waals surface area contributed by atoms with E-state index >= 15 is 0 Å². The molecule has 12 rings (SSSR count). The highest BCUT2D eigenvalue weighted by atomic mass is 16.5. The maximum atomic E-state index is 7.08. The van der Waals surface area contributed by atoms with Gasteiger partial charge in [0, 0.05) is 33.8 Å². The summed E-state index contributed by atoms with van der Waals surface area (Å²) in [4.78, 5) is 2.41. The Balaban J connectivity index is 1.08. The standard InChI is InChI=1S/C61H41NO/c1-5-18-42(19-6-1)43-32-34-47(35-33-43)62(48-37-39-59-56(40-48)52-27-14-13-26-51(52)55-30-17-29-50(60(55)63-59)44-20-7-2-8-21-44)49-36-38-54-53-28-15-16-31-57(53)61(58(54)41-49,45-22-9-3-10-23-45)46-24-11-4-12-25-46/h1-41H. The fraction of sp³-hybridized carbons (Fsp3) is 0.0164. The highest BCUT2D eigenvalue weighted by molar-refractivity contribution is 5.96. The first-order chi connectivity index (χ1) is 31.3. The minimum atomic E-state index is -0.532. The molecule has 0 bridgehead atoms. The van der Waals surface area contributed by atoms with Gasteiger partial charge in [-0.05, 0) is 104 Å². The van der Waals surface area contributed by atoms with Gasteiger partial charge in [-0.2, -0.15) is 0 Å². The molecule has 0 aromatic heterocycles. The molecule has 0 saturated carbocycles. The summed E-state index contributed by atoms with van der Waals surface area (Å²) >= 11 is 0. The van der Waals surface area contributed by atoms with Gasteiger partial charge >= 0.3 is 0 Å². The summed E-state index contributed by atoms with van der Waals surface area (Å²) in [5.41, 5.74) is 19.1. The summed E-state index contributed by atoms with van der Waals surface area (Å²) in [7, 11) is 0. The summed E-state index contributed by atoms with van der Waals surface area (Å²) in [6, 6.07) is 90.1. The minimum Gasteiger partial charge on any atom is -0.455 e. The zero-order valence-corrected chi connectivity index (χ0v) is 34.5. The third kappa shape index (κ3) is 5.95. The second-order valence-electron chi connectivity index (χ2n) is 16.4. The molecule has 0 saturated heterocycles. The van der Waals surface area contributed by atoms with Gasteiger partial charge in [0.25, 0.3) is 0 Å². The van der Waals surface area contributed by atoms with E-state index in [1.54, 1.807) is 0 Å². The molecule has 0 amide bonds. The van der Waals surface area contributed by atoms with Crippen LogP contribution < -0.4 is 9.64 Å². The van der Waals surface area contributed by atoms with Gasteiger partial charge in [-0.3, -0.25) is 0 Å². The Morgan fingerprint density at radius 3 is 1.44 bits per heavy atom. The van der Waals surface area contributed by atoms with E-state index in [0.29, 0.717) is 0 Å². The van der Waals surface area contributed by atoms with Crippen LogP contribution >= 0.6 is 0 Å². The van der Waals surface area contributed by atoms with Crippen molar-refractivity contribution in [3.63, 3.8) is 0 Å². The van der Waals surface area contributed by atoms with Crippen molar-refractivity contribution in [2.45, 2.75) is 5.41 Å². The number of ether oxygens (including phenoxy) is 1. The highest BCUT2D eigenvalue weighted by Gasteiger charge is 2.46. The molecule has 0 radical (unpaired) electrons. The van der Waals surface area contributed by atoms with E-state index < -0.39 is 5.41 Å². The zero-order valence-electron chi connectivity index (χ0n) is 34.5. The van der Waals surface area contributed by atoms with E-state index in [2.05, 4.69) is 254 Å². The van der Waals surface area contributed by atoms with Gasteiger partial charge in [0.1, 0.15) is 11.5 Å². The number of hydrogen-bond acceptors (Lipinski definition) is 2. The Bertz CT molecular complexity index is 3250. The summed E-state index contributed by atoms with van der Waals surface area (Å²) < 4.78 is 7.08. The van der Waals surface area contributed by atoms with Crippen LogP contribution in [0.15, 0.2) is 249 Å². The molecule has 1 heterocycles. The Morgan fingerprint density at radius 1 is 0.286 bits per heavy atom. The van der Waals surface area contributed by atoms with Gasteiger partial charge in [-0.1, -0.05) is 206 Å². The molecule has 0 N–H and O–H groups in total. The van der Waals surface area contributed by atoms with E-state index in [4.69, 9.17) is 4.74 Å². The number of para-hydroxylation sites is 1. The van der Waals surface area contributed by atoms with Crippen molar-refractivity contribution in [2.24, 2.45) is 0 Å². The summed E-state index contributed by atoms with van der Waals surface area (Å²) in [5.74, 6) is 1.69. The van der Waals surface area contributed by atoms with Crippen LogP contribution in [0.4, 0.5) is 17.1 Å². The van der Waals surface area contributed by atoms with Gasteiger partial charge in [-0.25, -0.2) is 0 Å². The second kappa shape index (κ2) is 15.1. The van der Waals surface area contributed by atoms with Crippen LogP contribution in [0.5, 0.6) is 11.5 Å². The molecule has 1 aliphatic heterocycles. The fourth-order valence-corrected chi connectivity index (χ4v) is 10.2. The second-order valence-corrected chi connectivity index (χ2v) is 16.4. The van der Waals surface area contributed by atoms with E-state index in [1.165, 1.54) is 44.5 Å². The molecule has 296 valence electrons. The van der Waals surface area contributed by atoms with Crippen LogP contribution in [0.2, 0.25) is 0 Å². The zero-order chi connectivity index (χ0) is 41.7. The van der Waals surface area contributed by atoms with Crippen molar-refractivity contribution in [1.82, 2.24) is 0 Å².